The average Bonchev–Trinajstić information content (AvgIpc) is 4.08. The molecule has 0 aliphatic carbocycles. The van der Waals surface area contributed by atoms with Gasteiger partial charge in [0.2, 0.25) is 0 Å². The Labute approximate surface area is 435 Å². The first-order valence-corrected chi connectivity index (χ1v) is 25.8. The number of ether oxygens (including phenoxy) is 1. The van der Waals surface area contributed by atoms with E-state index >= 15 is 0 Å². The number of nitrogens with one attached hydrogen (secondary N) is 2. The molecule has 4 aromatic heterocycles. The fourth-order valence-corrected chi connectivity index (χ4v) is 10.0. The van der Waals surface area contributed by atoms with Gasteiger partial charge in [-0.1, -0.05) is 147 Å². The van der Waals surface area contributed by atoms with Crippen LogP contribution in [0.15, 0.2) is 189 Å². The second-order valence-corrected chi connectivity index (χ2v) is 19.2. The van der Waals surface area contributed by atoms with Gasteiger partial charge in [0, 0.05) is 23.3 Å². The standard InChI is InChI=1S/C62H56N10O3/c1-2-3-4-5-6-15-30-75-54-34-48(61(73)63-50-22-16-28-69(36-50)38-52-40-71(67-65-52)42-59-55-24-11-7-18-44(55)31-45-19-8-12-25-56(45)59)33-49(35-54)62(74)64-51-23-17-29-70(37-51)39-53-41-72(68-66-53)43-60-57-26-13-9-20-46(57)32-47-21-10-14-27-58(47)60/h7-14,16-29,31-37,40-41H,2-6,15,30,38-39,42-43H2,1H3/p+2. The Bertz CT molecular complexity index is 3500. The minimum Gasteiger partial charge on any atom is -0.494 e. The van der Waals surface area contributed by atoms with E-state index in [0.29, 0.717) is 61.0 Å². The number of benzene rings is 7. The Kier molecular flexibility index (Phi) is 14.4. The lowest BCUT2D eigenvalue weighted by Crippen LogP contribution is -2.34. The summed E-state index contributed by atoms with van der Waals surface area (Å²) in [7, 11) is 0. The number of unbranched alkanes of at least 4 members (excludes halogenated alkanes) is 5. The number of pyridine rings is 2. The minimum atomic E-state index is -0.376. The average molecular weight is 991 g/mol. The van der Waals surface area contributed by atoms with Gasteiger partial charge in [-0.3, -0.25) is 9.59 Å². The largest absolute Gasteiger partial charge is 0.494 e. The molecule has 4 heterocycles. The van der Waals surface area contributed by atoms with Gasteiger partial charge in [0.25, 0.3) is 11.8 Å². The third-order valence-corrected chi connectivity index (χ3v) is 13.7. The molecule has 2 N–H and O–H groups in total. The molecule has 0 atom stereocenters. The molecule has 0 spiro atoms. The van der Waals surface area contributed by atoms with Crippen LogP contribution in [-0.2, 0) is 26.2 Å². The Hall–Kier alpha value is -9.10. The molecule has 13 nitrogen and oxygen atoms in total. The lowest BCUT2D eigenvalue weighted by atomic mass is 9.97. The van der Waals surface area contributed by atoms with E-state index in [1.807, 2.05) is 79.9 Å². The molecule has 0 saturated heterocycles. The minimum absolute atomic E-state index is 0.294. The summed E-state index contributed by atoms with van der Waals surface area (Å²) >= 11 is 0. The quantitative estimate of drug-likeness (QED) is 0.0441. The highest BCUT2D eigenvalue weighted by atomic mass is 16.5. The van der Waals surface area contributed by atoms with Crippen LogP contribution in [0.25, 0.3) is 43.1 Å². The predicted molar refractivity (Wildman–Crippen MR) is 294 cm³/mol. The summed E-state index contributed by atoms with van der Waals surface area (Å²) < 4.78 is 13.9. The number of carbonyl (C=O) groups excluding carboxylic acids is 2. The lowest BCUT2D eigenvalue weighted by molar-refractivity contribution is -0.688. The van der Waals surface area contributed by atoms with Crippen molar-refractivity contribution in [3.63, 3.8) is 0 Å². The molecule has 7 aromatic carbocycles. The second kappa shape index (κ2) is 22.3. The maximum absolute atomic E-state index is 14.1. The molecule has 0 bridgehead atoms. The van der Waals surface area contributed by atoms with Crippen molar-refractivity contribution >= 4 is 66.3 Å². The fourth-order valence-electron chi connectivity index (χ4n) is 10.0. The number of hydrogen-bond acceptors (Lipinski definition) is 7. The van der Waals surface area contributed by atoms with Crippen molar-refractivity contribution < 1.29 is 23.5 Å². The Balaban J connectivity index is 0.769. The molecule has 0 radical (unpaired) electrons. The van der Waals surface area contributed by atoms with Gasteiger partial charge in [0.05, 0.1) is 32.1 Å². The summed E-state index contributed by atoms with van der Waals surface area (Å²) in [6.07, 6.45) is 18.2. The summed E-state index contributed by atoms with van der Waals surface area (Å²) in [5, 5.41) is 33.7. The van der Waals surface area contributed by atoms with Crippen LogP contribution in [0.3, 0.4) is 0 Å². The van der Waals surface area contributed by atoms with Gasteiger partial charge in [-0.2, -0.15) is 9.13 Å². The highest BCUT2D eigenvalue weighted by molar-refractivity contribution is 6.09. The van der Waals surface area contributed by atoms with Crippen molar-refractivity contribution in [3.8, 4) is 5.75 Å². The van der Waals surface area contributed by atoms with Crippen LogP contribution in [0.4, 0.5) is 11.4 Å². The van der Waals surface area contributed by atoms with Gasteiger partial charge in [0.1, 0.15) is 28.5 Å². The molecule has 0 aliphatic rings. The summed E-state index contributed by atoms with van der Waals surface area (Å²) in [5.74, 6) is -0.301. The molecule has 0 unspecified atom stereocenters. The van der Waals surface area contributed by atoms with Crippen molar-refractivity contribution in [3.05, 3.63) is 222 Å². The molecule has 75 heavy (non-hydrogen) atoms. The zero-order chi connectivity index (χ0) is 50.9. The third kappa shape index (κ3) is 11.4. The van der Waals surface area contributed by atoms with E-state index in [1.165, 1.54) is 73.5 Å². The van der Waals surface area contributed by atoms with Gasteiger partial charge in [-0.15, -0.1) is 10.2 Å². The van der Waals surface area contributed by atoms with E-state index in [1.54, 1.807) is 18.2 Å². The number of anilines is 2. The Morgan fingerprint density at radius 3 is 1.39 bits per heavy atom. The summed E-state index contributed by atoms with van der Waals surface area (Å²) in [5.41, 5.74) is 5.69. The molecule has 0 fully saturated rings. The van der Waals surface area contributed by atoms with E-state index in [2.05, 4.69) is 147 Å². The van der Waals surface area contributed by atoms with Gasteiger partial charge < -0.3 is 15.4 Å². The van der Waals surface area contributed by atoms with Crippen LogP contribution < -0.4 is 24.5 Å². The van der Waals surface area contributed by atoms with Crippen LogP contribution in [0, 0.1) is 0 Å². The second-order valence-electron chi connectivity index (χ2n) is 19.2. The molecule has 13 heteroatoms. The number of hydrogen-bond donors (Lipinski definition) is 2. The van der Waals surface area contributed by atoms with Gasteiger partial charge in [0.15, 0.2) is 37.9 Å². The monoisotopic (exact) mass is 990 g/mol. The van der Waals surface area contributed by atoms with E-state index in [4.69, 9.17) is 4.74 Å². The normalized spacial score (nSPS) is 11.4. The zero-order valence-electron chi connectivity index (χ0n) is 42.0. The number of rotatable bonds is 20. The summed E-state index contributed by atoms with van der Waals surface area (Å²) in [6.45, 7) is 4.70. The molecule has 0 saturated carbocycles. The summed E-state index contributed by atoms with van der Waals surface area (Å²) in [4.78, 5) is 28.2. The Morgan fingerprint density at radius 2 is 0.933 bits per heavy atom. The first kappa shape index (κ1) is 48.2. The van der Waals surface area contributed by atoms with Crippen molar-refractivity contribution in [1.82, 2.24) is 30.0 Å². The fraction of sp³-hybridized carbons (Fsp3) is 0.194. The van der Waals surface area contributed by atoms with E-state index in [0.717, 1.165) is 30.7 Å². The first-order valence-electron chi connectivity index (χ1n) is 25.8. The number of fused-ring (bicyclic) bond motifs is 4. The lowest BCUT2D eigenvalue weighted by Gasteiger charge is -2.12. The van der Waals surface area contributed by atoms with Crippen LogP contribution in [-0.4, -0.2) is 48.4 Å². The number of amides is 2. The van der Waals surface area contributed by atoms with Crippen molar-refractivity contribution in [2.75, 3.05) is 17.2 Å². The number of carbonyl (C=O) groups is 2. The maximum atomic E-state index is 14.1. The molecule has 11 aromatic rings. The van der Waals surface area contributed by atoms with Crippen LogP contribution >= 0.6 is 0 Å². The van der Waals surface area contributed by atoms with Gasteiger partial charge >= 0.3 is 0 Å². The van der Waals surface area contributed by atoms with Crippen molar-refractivity contribution in [1.29, 1.82) is 0 Å². The van der Waals surface area contributed by atoms with Crippen molar-refractivity contribution in [2.24, 2.45) is 0 Å². The maximum Gasteiger partial charge on any atom is 0.255 e. The highest BCUT2D eigenvalue weighted by Crippen LogP contribution is 2.31. The topological polar surface area (TPSA) is 137 Å². The zero-order valence-corrected chi connectivity index (χ0v) is 42.0. The highest BCUT2D eigenvalue weighted by Gasteiger charge is 2.19. The number of aromatic nitrogens is 8. The Morgan fingerprint density at radius 1 is 0.507 bits per heavy atom. The SMILES string of the molecule is CCCCCCCCOc1cc(C(=O)Nc2ccc[n+](Cc3cn(Cc4c5ccccc5cc5ccccc45)nn3)c2)cc(C(=O)Nc2ccc[n+](Cc3cn(Cc4c5ccccc5cc5ccccc45)nn3)c2)c1. The van der Waals surface area contributed by atoms with Crippen LogP contribution in [0.5, 0.6) is 5.75 Å². The van der Waals surface area contributed by atoms with Gasteiger partial charge in [-0.25, -0.2) is 9.36 Å². The first-order chi connectivity index (χ1) is 36.9. The molecule has 2 amide bonds. The van der Waals surface area contributed by atoms with Crippen LogP contribution in [0.1, 0.15) is 88.7 Å². The van der Waals surface area contributed by atoms with Crippen LogP contribution in [0.2, 0.25) is 0 Å². The van der Waals surface area contributed by atoms with E-state index < -0.39 is 0 Å². The van der Waals surface area contributed by atoms with Gasteiger partial charge in [-0.05, 0) is 103 Å². The van der Waals surface area contributed by atoms with E-state index in [-0.39, 0.29) is 11.8 Å². The molecule has 11 rings (SSSR count). The third-order valence-electron chi connectivity index (χ3n) is 13.7. The van der Waals surface area contributed by atoms with E-state index in [9.17, 15) is 9.59 Å². The summed E-state index contributed by atoms with van der Waals surface area (Å²) in [6, 6.07) is 50.6. The number of nitrogens with zero attached hydrogens (tertiary/aromatic N) is 8. The molecular weight excluding hydrogens is 933 g/mol. The smallest absolute Gasteiger partial charge is 0.255 e. The van der Waals surface area contributed by atoms with Crippen molar-refractivity contribution in [2.45, 2.75) is 71.6 Å². The predicted octanol–water partition coefficient (Wildman–Crippen LogP) is 11.5. The molecular formula is C62H58N10O3+2. The molecule has 0 aliphatic heterocycles. The molecule has 372 valence electrons.